The summed E-state index contributed by atoms with van der Waals surface area (Å²) in [7, 11) is 0. The van der Waals surface area contributed by atoms with Crippen LogP contribution >= 0.6 is 0 Å². The number of tetrazole rings is 1. The largest absolute Gasteiger partial charge is 0.333 e. The molecule has 0 aliphatic carbocycles. The first kappa shape index (κ1) is 25.3. The third-order valence-corrected chi connectivity index (χ3v) is 6.60. The van der Waals surface area contributed by atoms with Crippen LogP contribution in [0.1, 0.15) is 43.6 Å². The number of hydrogen-bond acceptors (Lipinski definition) is 4. The number of imidazole rings is 1. The van der Waals surface area contributed by atoms with E-state index in [4.69, 9.17) is 0 Å². The van der Waals surface area contributed by atoms with Gasteiger partial charge >= 0.3 is 5.69 Å². The first-order chi connectivity index (χ1) is 18.4. The van der Waals surface area contributed by atoms with Gasteiger partial charge in [-0.2, -0.15) is 0 Å². The molecule has 0 radical (unpaired) electrons. The fourth-order valence-corrected chi connectivity index (χ4v) is 4.70. The van der Waals surface area contributed by atoms with Crippen LogP contribution in [0.5, 0.6) is 0 Å². The molecule has 38 heavy (non-hydrogen) atoms. The molecule has 0 atom stereocenters. The zero-order valence-electron chi connectivity index (χ0n) is 21.2. The lowest BCUT2D eigenvalue weighted by Crippen LogP contribution is -2.25. The van der Waals surface area contributed by atoms with Gasteiger partial charge in [-0.25, -0.2) is 18.7 Å². The van der Waals surface area contributed by atoms with Crippen molar-refractivity contribution in [1.82, 2.24) is 29.8 Å². The van der Waals surface area contributed by atoms with Crippen LogP contribution in [0.4, 0.5) is 8.78 Å². The van der Waals surface area contributed by atoms with E-state index in [1.165, 1.54) is 4.57 Å². The molecule has 5 rings (SSSR count). The van der Waals surface area contributed by atoms with Gasteiger partial charge in [-0.1, -0.05) is 80.6 Å². The summed E-state index contributed by atoms with van der Waals surface area (Å²) in [5.74, 6) is 0.871. The number of rotatable bonds is 9. The molecular weight excluding hydrogens is 486 g/mol. The molecule has 0 spiro atoms. The molecule has 0 saturated carbocycles. The van der Waals surface area contributed by atoms with Crippen molar-refractivity contribution < 1.29 is 8.78 Å². The second-order valence-electron chi connectivity index (χ2n) is 9.60. The molecule has 0 fully saturated rings. The fraction of sp³-hybridized carbons (Fsp3) is 0.241. The minimum atomic E-state index is -2.78. The summed E-state index contributed by atoms with van der Waals surface area (Å²) in [6.07, 6.45) is -1.69. The van der Waals surface area contributed by atoms with E-state index in [2.05, 4.69) is 20.6 Å². The molecule has 194 valence electrons. The van der Waals surface area contributed by atoms with E-state index in [1.54, 1.807) is 30.3 Å². The minimum Gasteiger partial charge on any atom is -0.291 e. The minimum absolute atomic E-state index is 0.194. The zero-order valence-corrected chi connectivity index (χ0v) is 21.2. The van der Waals surface area contributed by atoms with Gasteiger partial charge in [0.1, 0.15) is 5.69 Å². The van der Waals surface area contributed by atoms with E-state index in [-0.39, 0.29) is 12.2 Å². The summed E-state index contributed by atoms with van der Waals surface area (Å²) in [4.78, 5) is 13.6. The Labute approximate surface area is 218 Å². The number of nitrogens with one attached hydrogen (secondary N) is 1. The summed E-state index contributed by atoms with van der Waals surface area (Å²) < 4.78 is 31.5. The zero-order chi connectivity index (χ0) is 26.6. The first-order valence-corrected chi connectivity index (χ1v) is 12.5. The van der Waals surface area contributed by atoms with Crippen molar-refractivity contribution in [2.45, 2.75) is 39.7 Å². The molecule has 2 aromatic heterocycles. The van der Waals surface area contributed by atoms with E-state index in [0.717, 1.165) is 26.8 Å². The Morgan fingerprint density at radius 2 is 1.58 bits per heavy atom. The Balaban J connectivity index is 1.54. The smallest absolute Gasteiger partial charge is 0.291 e. The summed E-state index contributed by atoms with van der Waals surface area (Å²) in [6, 6.07) is 24.2. The second kappa shape index (κ2) is 10.9. The van der Waals surface area contributed by atoms with E-state index in [0.29, 0.717) is 36.0 Å². The number of nitrogens with zero attached hydrogens (tertiary/aromatic N) is 5. The SMILES string of the molecule is CC(C)CCc1c(C(F)F)n(-c2ccccc2)c(=O)n1Cc1ccc(-c2ccccc2-c2nnn[nH]2)cc1. The van der Waals surface area contributed by atoms with E-state index < -0.39 is 12.1 Å². The molecule has 0 unspecified atom stereocenters. The van der Waals surface area contributed by atoms with Crippen molar-refractivity contribution in [2.75, 3.05) is 0 Å². The van der Waals surface area contributed by atoms with E-state index in [9.17, 15) is 13.6 Å². The lowest BCUT2D eigenvalue weighted by Gasteiger charge is -2.12. The Kier molecular flexibility index (Phi) is 7.26. The maximum atomic E-state index is 14.4. The highest BCUT2D eigenvalue weighted by Crippen LogP contribution is 2.31. The molecule has 1 N–H and O–H groups in total. The van der Waals surface area contributed by atoms with Gasteiger partial charge in [0.05, 0.1) is 12.2 Å². The molecule has 2 heterocycles. The molecule has 0 amide bonds. The average molecular weight is 515 g/mol. The van der Waals surface area contributed by atoms with Crippen LogP contribution in [0.25, 0.3) is 28.2 Å². The van der Waals surface area contributed by atoms with Gasteiger partial charge in [-0.15, -0.1) is 5.10 Å². The number of alkyl halides is 2. The van der Waals surface area contributed by atoms with Gasteiger partial charge in [-0.3, -0.25) is 9.13 Å². The third kappa shape index (κ3) is 5.04. The highest BCUT2D eigenvalue weighted by Gasteiger charge is 2.27. The van der Waals surface area contributed by atoms with Gasteiger partial charge in [0.25, 0.3) is 6.43 Å². The lowest BCUT2D eigenvalue weighted by atomic mass is 9.98. The maximum absolute atomic E-state index is 14.4. The van der Waals surface area contributed by atoms with Crippen LogP contribution in [-0.4, -0.2) is 29.8 Å². The molecule has 3 aromatic carbocycles. The first-order valence-electron chi connectivity index (χ1n) is 12.5. The molecule has 0 aliphatic rings. The Bertz CT molecular complexity index is 1560. The molecule has 0 saturated heterocycles. The second-order valence-corrected chi connectivity index (χ2v) is 9.60. The predicted octanol–water partition coefficient (Wildman–Crippen LogP) is 6.06. The summed E-state index contributed by atoms with van der Waals surface area (Å²) in [5, 5.41) is 14.2. The molecule has 0 aliphatic heterocycles. The number of H-pyrrole nitrogens is 1. The van der Waals surface area contributed by atoms with Crippen LogP contribution < -0.4 is 5.69 Å². The van der Waals surface area contributed by atoms with Crippen molar-refractivity contribution in [2.24, 2.45) is 5.92 Å². The summed E-state index contributed by atoms with van der Waals surface area (Å²) in [6.45, 7) is 4.29. The average Bonchev–Trinajstić information content (AvgIpc) is 3.56. The van der Waals surface area contributed by atoms with Crippen LogP contribution in [0.2, 0.25) is 0 Å². The molecular formula is C29H28F2N6O. The topological polar surface area (TPSA) is 81.4 Å². The van der Waals surface area contributed by atoms with E-state index >= 15 is 0 Å². The standard InChI is InChI=1S/C29H28F2N6O/c1-19(2)12-17-25-26(27(30)31)37(22-8-4-3-5-9-22)29(38)36(25)18-20-13-15-21(16-14-20)23-10-6-7-11-24(23)28-32-34-35-33-28/h3-11,13-16,19,27H,12,17-18H2,1-2H3,(H,32,33,34,35). The number of aromatic amines is 1. The molecule has 7 nitrogen and oxygen atoms in total. The van der Waals surface area contributed by atoms with Crippen molar-refractivity contribution in [3.05, 3.63) is 106 Å². The van der Waals surface area contributed by atoms with Crippen molar-refractivity contribution in [3.63, 3.8) is 0 Å². The monoisotopic (exact) mass is 514 g/mol. The van der Waals surface area contributed by atoms with Gasteiger partial charge < -0.3 is 0 Å². The third-order valence-electron chi connectivity index (χ3n) is 6.60. The van der Waals surface area contributed by atoms with Gasteiger partial charge in [0, 0.05) is 11.3 Å². The van der Waals surface area contributed by atoms with Gasteiger partial charge in [0.15, 0.2) is 5.82 Å². The quantitative estimate of drug-likeness (QED) is 0.259. The molecule has 9 heteroatoms. The maximum Gasteiger partial charge on any atom is 0.333 e. The lowest BCUT2D eigenvalue weighted by molar-refractivity contribution is 0.142. The van der Waals surface area contributed by atoms with Crippen LogP contribution in [-0.2, 0) is 13.0 Å². The fourth-order valence-electron chi connectivity index (χ4n) is 4.70. The Hall–Kier alpha value is -4.40. The van der Waals surface area contributed by atoms with Crippen molar-refractivity contribution in [1.29, 1.82) is 0 Å². The van der Waals surface area contributed by atoms with E-state index in [1.807, 2.05) is 62.4 Å². The normalized spacial score (nSPS) is 11.5. The summed E-state index contributed by atoms with van der Waals surface area (Å²) in [5.41, 5.74) is 3.72. The Morgan fingerprint density at radius 3 is 2.21 bits per heavy atom. The highest BCUT2D eigenvalue weighted by atomic mass is 19.3. The van der Waals surface area contributed by atoms with Crippen LogP contribution in [0.15, 0.2) is 83.7 Å². The van der Waals surface area contributed by atoms with Gasteiger partial charge in [-0.05, 0) is 58.0 Å². The molecule has 0 bridgehead atoms. The van der Waals surface area contributed by atoms with Gasteiger partial charge in [0.2, 0.25) is 0 Å². The van der Waals surface area contributed by atoms with Crippen LogP contribution in [0, 0.1) is 5.92 Å². The Morgan fingerprint density at radius 1 is 0.895 bits per heavy atom. The van der Waals surface area contributed by atoms with Crippen molar-refractivity contribution in [3.8, 4) is 28.2 Å². The molecule has 5 aromatic rings. The number of halogens is 2. The van der Waals surface area contributed by atoms with Crippen LogP contribution in [0.3, 0.4) is 0 Å². The highest BCUT2D eigenvalue weighted by molar-refractivity contribution is 5.80. The number of aromatic nitrogens is 6. The van der Waals surface area contributed by atoms with Crippen molar-refractivity contribution >= 4 is 0 Å². The number of benzene rings is 3. The number of hydrogen-bond donors (Lipinski definition) is 1. The summed E-state index contributed by atoms with van der Waals surface area (Å²) >= 11 is 0. The number of para-hydroxylation sites is 1. The predicted molar refractivity (Wildman–Crippen MR) is 142 cm³/mol.